The van der Waals surface area contributed by atoms with Crippen LogP contribution in [-0.4, -0.2) is 35.6 Å². The topological polar surface area (TPSA) is 74.6 Å². The summed E-state index contributed by atoms with van der Waals surface area (Å²) in [7, 11) is 0. The van der Waals surface area contributed by atoms with Crippen LogP contribution in [0, 0.1) is 13.8 Å². The number of ether oxygens (including phenoxy) is 3. The summed E-state index contributed by atoms with van der Waals surface area (Å²) in [6.07, 6.45) is 0. The van der Waals surface area contributed by atoms with Crippen molar-refractivity contribution in [3.8, 4) is 17.2 Å². The van der Waals surface area contributed by atoms with E-state index in [1.54, 1.807) is 6.07 Å². The van der Waals surface area contributed by atoms with Gasteiger partial charge in [-0.2, -0.15) is 5.10 Å². The maximum Gasteiger partial charge on any atom is 0.255 e. The standard InChI is InChI=1S/C22H23N3O4/c1-15-21(16(2)25(24-15)13-17-6-4-3-5-7-17)22(26)23-10-11-27-18-8-9-19-20(12-18)29-14-28-19/h3-9,12H,10-11,13-14H2,1-2H3,(H,23,26). The molecule has 1 aromatic heterocycles. The molecule has 0 saturated carbocycles. The molecule has 1 aliphatic rings. The number of nitrogens with zero attached hydrogens (tertiary/aromatic N) is 2. The second-order valence-electron chi connectivity index (χ2n) is 6.81. The van der Waals surface area contributed by atoms with Crippen LogP contribution in [0.4, 0.5) is 0 Å². The molecule has 0 unspecified atom stereocenters. The van der Waals surface area contributed by atoms with E-state index < -0.39 is 0 Å². The third-order valence-corrected chi connectivity index (χ3v) is 4.78. The zero-order chi connectivity index (χ0) is 20.2. The molecule has 2 aromatic carbocycles. The molecule has 7 nitrogen and oxygen atoms in total. The van der Waals surface area contributed by atoms with Crippen molar-refractivity contribution in [1.82, 2.24) is 15.1 Å². The number of fused-ring (bicyclic) bond motifs is 1. The van der Waals surface area contributed by atoms with Gasteiger partial charge in [-0.15, -0.1) is 0 Å². The molecule has 0 fully saturated rings. The smallest absolute Gasteiger partial charge is 0.255 e. The highest BCUT2D eigenvalue weighted by atomic mass is 16.7. The summed E-state index contributed by atoms with van der Waals surface area (Å²) in [5.41, 5.74) is 3.32. The van der Waals surface area contributed by atoms with E-state index in [0.29, 0.717) is 48.2 Å². The third-order valence-electron chi connectivity index (χ3n) is 4.78. The first kappa shape index (κ1) is 18.9. The van der Waals surface area contributed by atoms with Crippen LogP contribution < -0.4 is 19.5 Å². The molecule has 0 spiro atoms. The fraction of sp³-hybridized carbons (Fsp3) is 0.273. The Morgan fingerprint density at radius 2 is 1.93 bits per heavy atom. The molecule has 2 heterocycles. The van der Waals surface area contributed by atoms with Gasteiger partial charge in [-0.1, -0.05) is 30.3 Å². The summed E-state index contributed by atoms with van der Waals surface area (Å²) < 4.78 is 18.2. The van der Waals surface area contributed by atoms with Gasteiger partial charge >= 0.3 is 0 Å². The summed E-state index contributed by atoms with van der Waals surface area (Å²) in [5, 5.41) is 7.44. The second kappa shape index (κ2) is 8.26. The van der Waals surface area contributed by atoms with Crippen LogP contribution in [0.5, 0.6) is 17.2 Å². The number of carbonyl (C=O) groups is 1. The number of carbonyl (C=O) groups excluding carboxylic acids is 1. The second-order valence-corrected chi connectivity index (χ2v) is 6.81. The van der Waals surface area contributed by atoms with E-state index in [2.05, 4.69) is 10.4 Å². The van der Waals surface area contributed by atoms with E-state index in [4.69, 9.17) is 14.2 Å². The number of benzene rings is 2. The summed E-state index contributed by atoms with van der Waals surface area (Å²) in [5.74, 6) is 1.91. The van der Waals surface area contributed by atoms with Gasteiger partial charge in [-0.05, 0) is 31.5 Å². The van der Waals surface area contributed by atoms with Crippen molar-refractivity contribution in [2.45, 2.75) is 20.4 Å². The van der Waals surface area contributed by atoms with Gasteiger partial charge in [0, 0.05) is 11.8 Å². The molecule has 7 heteroatoms. The van der Waals surface area contributed by atoms with Crippen molar-refractivity contribution >= 4 is 5.91 Å². The predicted molar refractivity (Wildman–Crippen MR) is 108 cm³/mol. The Labute approximate surface area is 169 Å². The quantitative estimate of drug-likeness (QED) is 0.625. The number of hydrogen-bond donors (Lipinski definition) is 1. The minimum atomic E-state index is -0.145. The predicted octanol–water partition coefficient (Wildman–Crippen LogP) is 3.09. The van der Waals surface area contributed by atoms with Gasteiger partial charge in [0.1, 0.15) is 12.4 Å². The van der Waals surface area contributed by atoms with Crippen molar-refractivity contribution in [2.75, 3.05) is 19.9 Å². The Morgan fingerprint density at radius 3 is 2.76 bits per heavy atom. The van der Waals surface area contributed by atoms with Crippen LogP contribution in [0.25, 0.3) is 0 Å². The van der Waals surface area contributed by atoms with Gasteiger partial charge in [0.05, 0.1) is 24.3 Å². The molecule has 150 valence electrons. The molecule has 0 radical (unpaired) electrons. The molecule has 0 bridgehead atoms. The van der Waals surface area contributed by atoms with Crippen molar-refractivity contribution in [3.63, 3.8) is 0 Å². The molecule has 4 rings (SSSR count). The fourth-order valence-electron chi connectivity index (χ4n) is 3.32. The van der Waals surface area contributed by atoms with Gasteiger partial charge in [-0.3, -0.25) is 9.48 Å². The lowest BCUT2D eigenvalue weighted by molar-refractivity contribution is 0.0945. The third kappa shape index (κ3) is 4.18. The van der Waals surface area contributed by atoms with Crippen molar-refractivity contribution in [3.05, 3.63) is 71.0 Å². The Bertz CT molecular complexity index is 1010. The summed E-state index contributed by atoms with van der Waals surface area (Å²) >= 11 is 0. The molecule has 1 amide bonds. The SMILES string of the molecule is Cc1nn(Cc2ccccc2)c(C)c1C(=O)NCCOc1ccc2c(c1)OCO2. The Balaban J connectivity index is 1.32. The van der Waals surface area contributed by atoms with E-state index in [1.165, 1.54) is 0 Å². The average Bonchev–Trinajstić information content (AvgIpc) is 3.29. The molecule has 0 saturated heterocycles. The number of aromatic nitrogens is 2. The maximum atomic E-state index is 12.7. The zero-order valence-corrected chi connectivity index (χ0v) is 16.5. The Hall–Kier alpha value is -3.48. The molecule has 29 heavy (non-hydrogen) atoms. The van der Waals surface area contributed by atoms with Crippen LogP contribution >= 0.6 is 0 Å². The minimum Gasteiger partial charge on any atom is -0.492 e. The molecule has 0 atom stereocenters. The van der Waals surface area contributed by atoms with Crippen LogP contribution in [-0.2, 0) is 6.54 Å². The van der Waals surface area contributed by atoms with Crippen LogP contribution in [0.2, 0.25) is 0 Å². The normalized spacial score (nSPS) is 12.1. The number of aryl methyl sites for hydroxylation is 1. The largest absolute Gasteiger partial charge is 0.492 e. The minimum absolute atomic E-state index is 0.145. The molecule has 1 aliphatic heterocycles. The van der Waals surface area contributed by atoms with E-state index in [0.717, 1.165) is 11.3 Å². The van der Waals surface area contributed by atoms with Gasteiger partial charge < -0.3 is 19.5 Å². The molecular formula is C22H23N3O4. The zero-order valence-electron chi connectivity index (χ0n) is 16.5. The molecule has 1 N–H and O–H groups in total. The summed E-state index contributed by atoms with van der Waals surface area (Å²) in [4.78, 5) is 12.7. The van der Waals surface area contributed by atoms with E-state index >= 15 is 0 Å². The highest BCUT2D eigenvalue weighted by Gasteiger charge is 2.18. The summed E-state index contributed by atoms with van der Waals surface area (Å²) in [6.45, 7) is 5.37. The van der Waals surface area contributed by atoms with E-state index in [9.17, 15) is 4.79 Å². The first-order chi connectivity index (χ1) is 14.1. The monoisotopic (exact) mass is 393 g/mol. The van der Waals surface area contributed by atoms with Crippen LogP contribution in [0.15, 0.2) is 48.5 Å². The Kier molecular flexibility index (Phi) is 5.37. The highest BCUT2D eigenvalue weighted by Crippen LogP contribution is 2.34. The number of amides is 1. The molecular weight excluding hydrogens is 370 g/mol. The van der Waals surface area contributed by atoms with Crippen molar-refractivity contribution < 1.29 is 19.0 Å². The fourth-order valence-corrected chi connectivity index (χ4v) is 3.32. The number of nitrogens with one attached hydrogen (secondary N) is 1. The number of hydrogen-bond acceptors (Lipinski definition) is 5. The maximum absolute atomic E-state index is 12.7. The van der Waals surface area contributed by atoms with E-state index in [1.807, 2.05) is 61.0 Å². The lowest BCUT2D eigenvalue weighted by atomic mass is 10.2. The van der Waals surface area contributed by atoms with Gasteiger partial charge in [0.2, 0.25) is 6.79 Å². The first-order valence-corrected chi connectivity index (χ1v) is 9.50. The van der Waals surface area contributed by atoms with Gasteiger partial charge in [0.25, 0.3) is 5.91 Å². The van der Waals surface area contributed by atoms with Gasteiger partial charge in [0.15, 0.2) is 11.5 Å². The molecule has 0 aliphatic carbocycles. The lowest BCUT2D eigenvalue weighted by Crippen LogP contribution is -2.29. The van der Waals surface area contributed by atoms with Crippen molar-refractivity contribution in [2.24, 2.45) is 0 Å². The Morgan fingerprint density at radius 1 is 1.14 bits per heavy atom. The lowest BCUT2D eigenvalue weighted by Gasteiger charge is -2.09. The average molecular weight is 393 g/mol. The molecule has 3 aromatic rings. The van der Waals surface area contributed by atoms with E-state index in [-0.39, 0.29) is 12.7 Å². The number of rotatable bonds is 7. The summed E-state index contributed by atoms with van der Waals surface area (Å²) in [6, 6.07) is 15.5. The van der Waals surface area contributed by atoms with Crippen LogP contribution in [0.1, 0.15) is 27.3 Å². The van der Waals surface area contributed by atoms with Gasteiger partial charge in [-0.25, -0.2) is 0 Å². The highest BCUT2D eigenvalue weighted by molar-refractivity contribution is 5.96. The van der Waals surface area contributed by atoms with Crippen LogP contribution in [0.3, 0.4) is 0 Å². The van der Waals surface area contributed by atoms with Crippen molar-refractivity contribution in [1.29, 1.82) is 0 Å². The first-order valence-electron chi connectivity index (χ1n) is 9.50.